The van der Waals surface area contributed by atoms with E-state index in [4.69, 9.17) is 67.5 Å². The molecular weight excluding hydrogens is 1040 g/mol. The number of benzene rings is 4. The summed E-state index contributed by atoms with van der Waals surface area (Å²) in [6.07, 6.45) is 5.96. The number of carbonyl (C=O) groups is 4. The monoisotopic (exact) mass is 1090 g/mol. The highest BCUT2D eigenvalue weighted by Crippen LogP contribution is 2.32. The number of hydrogen-bond donors (Lipinski definition) is 1. The van der Waals surface area contributed by atoms with Crippen molar-refractivity contribution in [1.82, 2.24) is 49.4 Å². The van der Waals surface area contributed by atoms with Crippen LogP contribution in [0.25, 0.3) is 0 Å². The molecule has 0 unspecified atom stereocenters. The van der Waals surface area contributed by atoms with Crippen molar-refractivity contribution in [3.63, 3.8) is 0 Å². The number of halogens is 5. The van der Waals surface area contributed by atoms with Gasteiger partial charge in [-0.3, -0.25) is 14.5 Å². The molecule has 2 aromatic heterocycles. The molecule has 10 rings (SSSR count). The van der Waals surface area contributed by atoms with Gasteiger partial charge < -0.3 is 34.4 Å². The van der Waals surface area contributed by atoms with E-state index in [1.165, 1.54) is 34.2 Å². The summed E-state index contributed by atoms with van der Waals surface area (Å²) in [6.45, 7) is 9.74. The Bertz CT molecular complexity index is 2620. The zero-order valence-corrected chi connectivity index (χ0v) is 43.7. The van der Waals surface area contributed by atoms with Gasteiger partial charge in [0.25, 0.3) is 11.8 Å². The number of ether oxygens (including phenoxy) is 2. The van der Waals surface area contributed by atoms with Gasteiger partial charge in [0.2, 0.25) is 0 Å². The van der Waals surface area contributed by atoms with Gasteiger partial charge in [-0.1, -0.05) is 94.9 Å². The van der Waals surface area contributed by atoms with Gasteiger partial charge in [0.15, 0.2) is 0 Å². The van der Waals surface area contributed by atoms with Crippen LogP contribution in [-0.4, -0.2) is 173 Å². The highest BCUT2D eigenvalue weighted by atomic mass is 35.5. The van der Waals surface area contributed by atoms with Crippen molar-refractivity contribution in [3.8, 4) is 0 Å². The molecule has 73 heavy (non-hydrogen) atoms. The molecule has 21 heteroatoms. The Balaban J connectivity index is 0.000000162. The standard InChI is InChI=1S/C26H27Cl2N5O3.C13H9Cl3.C13H19N5O3/c27-22-5-1-19(2-6-22)24(20-3-7-23(28)8-4-20)30-9-11-32(12-10-30)26(35)33-18-21(17-29-33)25(34)31-13-15-36-16-14-31;14-11-5-1-9(2-6-11)13(16)10-3-7-12(15)8-4-10;19-12(16-5-7-21-8-6-16)11-9-15-18(10-11)13(20)17-3-1-14-2-4-17/h1-8,17-18,24H,9-16H2;1-8,13H;9-10,14H,1-8H2. The second-order valence-corrected chi connectivity index (χ2v) is 19.6. The number of carbonyl (C=O) groups excluding carboxylic acids is 4. The first-order valence-corrected chi connectivity index (χ1v) is 25.9. The van der Waals surface area contributed by atoms with E-state index >= 15 is 0 Å². The van der Waals surface area contributed by atoms with E-state index in [-0.39, 0.29) is 35.3 Å². The average Bonchev–Trinajstić information content (AvgIpc) is 4.15. The van der Waals surface area contributed by atoms with Crippen molar-refractivity contribution < 1.29 is 28.7 Å². The molecule has 0 radical (unpaired) electrons. The van der Waals surface area contributed by atoms with E-state index in [1.54, 1.807) is 19.6 Å². The van der Waals surface area contributed by atoms with E-state index in [0.29, 0.717) is 123 Å². The lowest BCUT2D eigenvalue weighted by Crippen LogP contribution is -2.51. The largest absolute Gasteiger partial charge is 0.378 e. The van der Waals surface area contributed by atoms with Gasteiger partial charge in [0.1, 0.15) is 0 Å². The van der Waals surface area contributed by atoms with Crippen molar-refractivity contribution in [2.24, 2.45) is 0 Å². The number of hydrogen-bond acceptors (Lipinski definition) is 10. The SMILES string of the molecule is Clc1ccc(C(Cl)c2ccc(Cl)cc2)cc1.O=C(c1cnn(C(=O)N2CCN(C(c3ccc(Cl)cc3)c3ccc(Cl)cc3)CC2)c1)N1CCOCC1.O=C(c1cnn(C(=O)N2CCNCC2)c1)N1CCOCC1. The third kappa shape index (κ3) is 14.4. The number of nitrogens with one attached hydrogen (secondary N) is 1. The summed E-state index contributed by atoms with van der Waals surface area (Å²) < 4.78 is 13.0. The summed E-state index contributed by atoms with van der Waals surface area (Å²) in [5.41, 5.74) is 5.15. The maximum Gasteiger partial charge on any atom is 0.344 e. The first-order chi connectivity index (χ1) is 35.4. The molecule has 4 fully saturated rings. The van der Waals surface area contributed by atoms with E-state index in [9.17, 15) is 19.2 Å². The van der Waals surface area contributed by atoms with Crippen molar-refractivity contribution >= 4 is 81.9 Å². The van der Waals surface area contributed by atoms with Crippen LogP contribution in [0, 0.1) is 0 Å². The molecule has 0 spiro atoms. The molecule has 6 aromatic rings. The van der Waals surface area contributed by atoms with Crippen LogP contribution < -0.4 is 5.32 Å². The Morgan fingerprint density at radius 3 is 1.16 bits per heavy atom. The molecule has 4 aliphatic rings. The summed E-state index contributed by atoms with van der Waals surface area (Å²) in [6, 6.07) is 30.4. The van der Waals surface area contributed by atoms with Gasteiger partial charge in [0, 0.05) is 111 Å². The Labute approximate surface area is 449 Å². The number of aromatic nitrogens is 4. The summed E-state index contributed by atoms with van der Waals surface area (Å²) in [7, 11) is 0. The molecule has 4 amide bonds. The molecule has 384 valence electrons. The lowest BCUT2D eigenvalue weighted by atomic mass is 9.96. The summed E-state index contributed by atoms with van der Waals surface area (Å²) in [5, 5.41) is 14.0. The first kappa shape index (κ1) is 53.8. The first-order valence-electron chi connectivity index (χ1n) is 23.9. The van der Waals surface area contributed by atoms with E-state index in [2.05, 4.69) is 20.4 Å². The Kier molecular flexibility index (Phi) is 19.2. The number of nitrogens with zero attached hydrogens (tertiary/aromatic N) is 9. The number of piperazine rings is 2. The lowest BCUT2D eigenvalue weighted by molar-refractivity contribution is 0.0301. The van der Waals surface area contributed by atoms with E-state index in [1.807, 2.05) is 97.1 Å². The molecular formula is C52H55Cl5N10O6. The maximum atomic E-state index is 13.1. The van der Waals surface area contributed by atoms with Gasteiger partial charge in [-0.05, 0) is 70.8 Å². The normalized spacial score (nSPS) is 16.4. The van der Waals surface area contributed by atoms with Gasteiger partial charge in [-0.25, -0.2) is 9.59 Å². The quantitative estimate of drug-likeness (QED) is 0.154. The third-order valence-corrected chi connectivity index (χ3v) is 14.2. The molecule has 4 aliphatic heterocycles. The molecule has 1 N–H and O–H groups in total. The Morgan fingerprint density at radius 1 is 0.452 bits per heavy atom. The summed E-state index contributed by atoms with van der Waals surface area (Å²) >= 11 is 30.3. The average molecular weight is 1090 g/mol. The van der Waals surface area contributed by atoms with Crippen LogP contribution in [0.5, 0.6) is 0 Å². The van der Waals surface area contributed by atoms with Gasteiger partial charge >= 0.3 is 12.1 Å². The number of alkyl halides is 1. The van der Waals surface area contributed by atoms with Gasteiger partial charge in [-0.15, -0.1) is 11.6 Å². The van der Waals surface area contributed by atoms with E-state index < -0.39 is 0 Å². The zero-order chi connectivity index (χ0) is 51.3. The molecule has 6 heterocycles. The van der Waals surface area contributed by atoms with Crippen LogP contribution in [0.4, 0.5) is 9.59 Å². The fraction of sp³-hybridized carbons (Fsp3) is 0.346. The molecule has 16 nitrogen and oxygen atoms in total. The molecule has 0 bridgehead atoms. The molecule has 0 saturated carbocycles. The van der Waals surface area contributed by atoms with Crippen molar-refractivity contribution in [3.05, 3.63) is 175 Å². The van der Waals surface area contributed by atoms with Crippen LogP contribution in [0.2, 0.25) is 20.1 Å². The van der Waals surface area contributed by atoms with Crippen molar-refractivity contribution in [2.45, 2.75) is 11.4 Å². The third-order valence-electron chi connectivity index (χ3n) is 12.7. The minimum absolute atomic E-state index is 0.0132. The predicted octanol–water partition coefficient (Wildman–Crippen LogP) is 8.59. The van der Waals surface area contributed by atoms with E-state index in [0.717, 1.165) is 35.3 Å². The summed E-state index contributed by atoms with van der Waals surface area (Å²) in [4.78, 5) is 59.7. The second-order valence-electron chi connectivity index (χ2n) is 17.5. The van der Waals surface area contributed by atoms with Crippen molar-refractivity contribution in [1.29, 1.82) is 0 Å². The van der Waals surface area contributed by atoms with Crippen molar-refractivity contribution in [2.75, 3.05) is 105 Å². The molecule has 4 aromatic carbocycles. The zero-order valence-electron chi connectivity index (χ0n) is 39.9. The van der Waals surface area contributed by atoms with Crippen LogP contribution in [0.1, 0.15) is 54.4 Å². The minimum Gasteiger partial charge on any atom is -0.378 e. The van der Waals surface area contributed by atoms with Crippen LogP contribution in [0.15, 0.2) is 122 Å². The van der Waals surface area contributed by atoms with Gasteiger partial charge in [-0.2, -0.15) is 19.6 Å². The number of morpholine rings is 2. The molecule has 4 saturated heterocycles. The smallest absolute Gasteiger partial charge is 0.344 e. The molecule has 0 aliphatic carbocycles. The number of rotatable bonds is 7. The highest BCUT2D eigenvalue weighted by molar-refractivity contribution is 6.31. The van der Waals surface area contributed by atoms with Crippen LogP contribution >= 0.6 is 58.0 Å². The fourth-order valence-electron chi connectivity index (χ4n) is 8.65. The maximum absolute atomic E-state index is 13.1. The highest BCUT2D eigenvalue weighted by Gasteiger charge is 2.30. The van der Waals surface area contributed by atoms with Crippen LogP contribution in [0.3, 0.4) is 0 Å². The summed E-state index contributed by atoms with van der Waals surface area (Å²) in [5.74, 6) is -0.228. The topological polar surface area (TPSA) is 151 Å². The van der Waals surface area contributed by atoms with Gasteiger partial charge in [0.05, 0.1) is 61.4 Å². The minimum atomic E-state index is -0.231. The lowest BCUT2D eigenvalue weighted by Gasteiger charge is -2.39. The Hall–Kier alpha value is -5.53. The fourth-order valence-corrected chi connectivity index (χ4v) is 9.45. The van der Waals surface area contributed by atoms with Crippen LogP contribution in [-0.2, 0) is 9.47 Å². The second kappa shape index (κ2) is 26.1. The number of amides is 4. The molecule has 0 atom stereocenters. The Morgan fingerprint density at radius 2 is 0.795 bits per heavy atom. The predicted molar refractivity (Wildman–Crippen MR) is 282 cm³/mol.